The molecule has 0 amide bonds. The maximum Gasteiger partial charge on any atom is 0.159 e. The second-order valence-corrected chi connectivity index (χ2v) is 25.4. The summed E-state index contributed by atoms with van der Waals surface area (Å²) in [5.74, 6) is 2.71. The fourth-order valence-electron chi connectivity index (χ4n) is 7.55. The molecule has 0 N–H and O–H groups in total. The van der Waals surface area contributed by atoms with Crippen molar-refractivity contribution >= 4 is 238 Å². The van der Waals surface area contributed by atoms with Gasteiger partial charge in [-0.2, -0.15) is 75.8 Å². The number of carbonyl (C=O) groups excluding carboxylic acids is 7. The molecule has 0 saturated heterocycles. The number of carbonyl (C=O) groups is 7. The molecule has 10 aromatic rings. The number of fused-ring (bicyclic) bond motifs is 4. The van der Waals surface area contributed by atoms with E-state index in [-0.39, 0.29) is 75.7 Å². The molecular formula is C62H57Cl4N5O8S9. The van der Waals surface area contributed by atoms with Crippen LogP contribution in [0.3, 0.4) is 0 Å². The number of para-hydroxylation sites is 2. The average Bonchev–Trinajstić information content (AvgIpc) is 2.86. The molecule has 5 heterocycles. The largest absolute Gasteiger partial charge is 0.494 e. The number of nitrogens with zero attached hydrogens (tertiary/aromatic N) is 5. The summed E-state index contributed by atoms with van der Waals surface area (Å²) in [5, 5.41) is 6.83. The highest BCUT2D eigenvalue weighted by Gasteiger charge is 2.14. The molecule has 5 aromatic heterocycles. The zero-order valence-electron chi connectivity index (χ0n) is 47.0. The topological polar surface area (TPSA) is 193 Å². The second-order valence-electron chi connectivity index (χ2n) is 18.4. The number of thiol groups is 6. The Bertz CT molecular complexity index is 4050. The van der Waals surface area contributed by atoms with E-state index < -0.39 is 0 Å². The summed E-state index contributed by atoms with van der Waals surface area (Å²) in [6, 6.07) is 33.5. The monoisotopic (exact) mass is 1430 g/mol. The highest BCUT2D eigenvalue weighted by atomic mass is 35.5. The molecule has 0 aliphatic carbocycles. The van der Waals surface area contributed by atoms with Gasteiger partial charge in [-0.25, -0.2) is 15.0 Å². The SMILES string of the molecule is CC(=O)c1cccc(CC(=O)CS)c1.COc1cccc2sc(CC(=O)CS)nc12.O=C(CS)Cc1cccc2cnccc12.O=C(CS)Cc1nc2c(Cl)cccc2s1.O=C(CS)Cc1nc2ccc(Cl)cc2s1.O=C(CS)Cc1ncc(Cl)cc1Cl. The van der Waals surface area contributed by atoms with Gasteiger partial charge < -0.3 is 4.74 Å². The maximum atomic E-state index is 11.3. The normalized spacial score (nSPS) is 10.5. The van der Waals surface area contributed by atoms with Crippen LogP contribution in [0.4, 0.5) is 0 Å². The van der Waals surface area contributed by atoms with Gasteiger partial charge >= 0.3 is 0 Å². The lowest BCUT2D eigenvalue weighted by atomic mass is 10.0. The van der Waals surface area contributed by atoms with Crippen LogP contribution >= 0.6 is 156 Å². The van der Waals surface area contributed by atoms with E-state index in [1.165, 1.54) is 47.1 Å². The third kappa shape index (κ3) is 24.4. The number of thiazole rings is 3. The average molecular weight is 1430 g/mol. The van der Waals surface area contributed by atoms with Gasteiger partial charge in [-0.3, -0.25) is 43.5 Å². The van der Waals surface area contributed by atoms with Gasteiger partial charge in [-0.05, 0) is 84.1 Å². The Balaban J connectivity index is 0.000000193. The molecule has 0 aliphatic heterocycles. The van der Waals surface area contributed by atoms with Crippen LogP contribution in [-0.2, 0) is 67.3 Å². The first-order valence-electron chi connectivity index (χ1n) is 26.2. The molecule has 0 atom stereocenters. The van der Waals surface area contributed by atoms with Crippen molar-refractivity contribution in [3.05, 3.63) is 185 Å². The number of benzene rings is 5. The Morgan fingerprint density at radius 2 is 1.02 bits per heavy atom. The molecule has 0 bridgehead atoms. The van der Waals surface area contributed by atoms with Crippen LogP contribution in [0.5, 0.6) is 5.75 Å². The van der Waals surface area contributed by atoms with Gasteiger partial charge in [0.2, 0.25) is 0 Å². The fraction of sp³-hybridized carbons (Fsp3) is 0.226. The lowest BCUT2D eigenvalue weighted by molar-refractivity contribution is -0.116. The molecular weight excluding hydrogens is 1370 g/mol. The van der Waals surface area contributed by atoms with Crippen LogP contribution in [0, 0.1) is 0 Å². The quantitative estimate of drug-likeness (QED) is 0.0312. The van der Waals surface area contributed by atoms with Crippen LogP contribution in [0.15, 0.2) is 128 Å². The maximum absolute atomic E-state index is 11.3. The number of hydrogen-bond acceptors (Lipinski definition) is 22. The highest BCUT2D eigenvalue weighted by molar-refractivity contribution is 7.81. The Morgan fingerprint density at radius 1 is 0.489 bits per heavy atom. The van der Waals surface area contributed by atoms with Crippen molar-refractivity contribution in [3.8, 4) is 5.75 Å². The van der Waals surface area contributed by atoms with Crippen LogP contribution in [0.1, 0.15) is 49.1 Å². The van der Waals surface area contributed by atoms with Crippen molar-refractivity contribution in [1.82, 2.24) is 24.9 Å². The molecule has 26 heteroatoms. The third-order valence-electron chi connectivity index (χ3n) is 11.7. The van der Waals surface area contributed by atoms with Gasteiger partial charge in [0.05, 0.1) is 73.2 Å². The first-order valence-corrected chi connectivity index (χ1v) is 33.9. The fourth-order valence-corrected chi connectivity index (χ4v) is 12.3. The molecule has 5 aromatic carbocycles. The number of hydrogen-bond donors (Lipinski definition) is 6. The van der Waals surface area contributed by atoms with Crippen molar-refractivity contribution in [2.45, 2.75) is 45.4 Å². The number of pyridine rings is 2. The summed E-state index contributed by atoms with van der Waals surface area (Å²) in [7, 11) is 1.62. The van der Waals surface area contributed by atoms with Crippen molar-refractivity contribution < 1.29 is 38.3 Å². The molecule has 460 valence electrons. The van der Waals surface area contributed by atoms with Crippen LogP contribution in [0.2, 0.25) is 20.1 Å². The second kappa shape index (κ2) is 38.7. The Labute approximate surface area is 574 Å². The highest BCUT2D eigenvalue weighted by Crippen LogP contribution is 2.31. The Hall–Kier alpha value is -4.92. The number of ketones is 7. The summed E-state index contributed by atoms with van der Waals surface area (Å²) >= 11 is 51.4. The zero-order chi connectivity index (χ0) is 64.3. The summed E-state index contributed by atoms with van der Waals surface area (Å²) in [5.41, 5.74) is 5.62. The van der Waals surface area contributed by atoms with E-state index in [9.17, 15) is 33.6 Å². The van der Waals surface area contributed by atoms with Gasteiger partial charge in [0, 0.05) is 81.9 Å². The van der Waals surface area contributed by atoms with Gasteiger partial charge in [-0.1, -0.05) is 94.9 Å². The predicted octanol–water partition coefficient (Wildman–Crippen LogP) is 15.0. The molecule has 13 nitrogen and oxygen atoms in total. The minimum absolute atomic E-state index is 0.0138. The summed E-state index contributed by atoms with van der Waals surface area (Å²) in [4.78, 5) is 99.2. The van der Waals surface area contributed by atoms with E-state index in [1.807, 2.05) is 79.0 Å². The van der Waals surface area contributed by atoms with E-state index >= 15 is 0 Å². The number of methoxy groups -OCH3 is 1. The molecule has 0 aliphatic rings. The zero-order valence-corrected chi connectivity index (χ0v) is 57.9. The van der Waals surface area contributed by atoms with Gasteiger partial charge in [0.1, 0.15) is 66.5 Å². The van der Waals surface area contributed by atoms with Crippen LogP contribution in [0.25, 0.3) is 41.4 Å². The summed E-state index contributed by atoms with van der Waals surface area (Å²) < 4.78 is 8.30. The lowest BCUT2D eigenvalue weighted by Gasteiger charge is -2.04. The molecule has 88 heavy (non-hydrogen) atoms. The van der Waals surface area contributed by atoms with Crippen LogP contribution in [-0.4, -0.2) is 107 Å². The number of Topliss-reactive ketones (excluding diaryl/α,β-unsaturated/α-hetero) is 7. The van der Waals surface area contributed by atoms with Crippen molar-refractivity contribution in [2.24, 2.45) is 0 Å². The molecule has 10 rings (SSSR count). The Morgan fingerprint density at radius 3 is 1.61 bits per heavy atom. The van der Waals surface area contributed by atoms with E-state index in [2.05, 4.69) is 101 Å². The smallest absolute Gasteiger partial charge is 0.159 e. The van der Waals surface area contributed by atoms with E-state index in [0.29, 0.717) is 69.2 Å². The first-order chi connectivity index (χ1) is 42.2. The van der Waals surface area contributed by atoms with E-state index in [1.54, 1.807) is 49.7 Å². The lowest BCUT2D eigenvalue weighted by Crippen LogP contribution is -2.05. The molecule has 0 unspecified atom stereocenters. The standard InChI is InChI=1S/C12H11NOS.C11H11NO2S2.C11H12O2S.2C10H8ClNOS2.C8H7Cl2NOS/c14-11(8-15)6-9-2-1-3-10-7-13-5-4-12(9)10;1-14-8-3-2-4-9-11(8)12-10(16-9)5-7(13)6-15;1-8(12)10-4-2-3-9(5-10)6-11(13)7-14;11-6-1-2-8-9(3-6)15-10(12-8)4-7(13)5-14;11-7-2-1-3-8-10(7)12-9(15-8)4-6(13)5-14;9-5-1-7(10)8(11-3-5)2-6(12)4-13/h1-5,7,15H,6,8H2;2-4,15H,5-6H2,1H3;2-5,14H,6-7H2,1H3;2*1-3,14H,4-5H2;1,3,13H,2,4H2. The predicted molar refractivity (Wildman–Crippen MR) is 383 cm³/mol. The van der Waals surface area contributed by atoms with Gasteiger partial charge in [0.25, 0.3) is 0 Å². The third-order valence-corrected chi connectivity index (χ3v) is 18.0. The Kier molecular flexibility index (Phi) is 32.5. The first kappa shape index (κ1) is 73.8. The number of rotatable bonds is 20. The molecule has 0 spiro atoms. The summed E-state index contributed by atoms with van der Waals surface area (Å²) in [6.45, 7) is 1.51. The van der Waals surface area contributed by atoms with Crippen LogP contribution < -0.4 is 4.74 Å². The van der Waals surface area contributed by atoms with Crippen molar-refractivity contribution in [1.29, 1.82) is 0 Å². The number of ether oxygens (including phenoxy) is 1. The minimum atomic E-state index is -0.0138. The number of halogens is 4. The van der Waals surface area contributed by atoms with Gasteiger partial charge in [0.15, 0.2) is 5.78 Å². The van der Waals surface area contributed by atoms with Crippen molar-refractivity contribution in [2.75, 3.05) is 41.6 Å². The van der Waals surface area contributed by atoms with E-state index in [0.717, 1.165) is 73.3 Å². The van der Waals surface area contributed by atoms with E-state index in [4.69, 9.17) is 51.1 Å². The summed E-state index contributed by atoms with van der Waals surface area (Å²) in [6.07, 6.45) is 7.09. The molecule has 0 radical (unpaired) electrons. The molecule has 0 saturated carbocycles. The van der Waals surface area contributed by atoms with Crippen molar-refractivity contribution in [3.63, 3.8) is 0 Å². The number of aromatic nitrogens is 5. The van der Waals surface area contributed by atoms with Gasteiger partial charge in [-0.15, -0.1) is 34.0 Å². The minimum Gasteiger partial charge on any atom is -0.494 e. The molecule has 0 fully saturated rings.